The molecule has 4 nitrogen and oxygen atoms in total. The molecule has 1 heterocycles. The first-order valence-electron chi connectivity index (χ1n) is 5.89. The summed E-state index contributed by atoms with van der Waals surface area (Å²) in [5, 5.41) is 3.36. The molecule has 1 unspecified atom stereocenters. The Labute approximate surface area is 101 Å². The van der Waals surface area contributed by atoms with Gasteiger partial charge in [0.25, 0.3) is 0 Å². The van der Waals surface area contributed by atoms with E-state index >= 15 is 0 Å². The van der Waals surface area contributed by atoms with Crippen molar-refractivity contribution in [3.8, 4) is 0 Å². The van der Waals surface area contributed by atoms with Crippen molar-refractivity contribution in [2.45, 2.75) is 13.3 Å². The fourth-order valence-electron chi connectivity index (χ4n) is 2.09. The lowest BCUT2D eigenvalue weighted by Gasteiger charge is -2.14. The lowest BCUT2D eigenvalue weighted by Crippen LogP contribution is -2.17. The highest BCUT2D eigenvalue weighted by molar-refractivity contribution is 5.95. The van der Waals surface area contributed by atoms with Crippen LogP contribution in [0.4, 0.5) is 5.69 Å². The third-order valence-electron chi connectivity index (χ3n) is 3.20. The standard InChI is InChI=1S/C13H18N2O2/c1-9-11(13(14)16)3-2-4-12(9)15-7-10-5-6-17-8-10/h2-4,10,15H,5-8H2,1H3,(H2,14,16). The van der Waals surface area contributed by atoms with E-state index in [1.54, 1.807) is 6.07 Å². The van der Waals surface area contributed by atoms with Crippen LogP contribution < -0.4 is 11.1 Å². The van der Waals surface area contributed by atoms with Crippen LogP contribution in [0.15, 0.2) is 18.2 Å². The number of anilines is 1. The Morgan fingerprint density at radius 1 is 1.59 bits per heavy atom. The first-order valence-corrected chi connectivity index (χ1v) is 5.89. The van der Waals surface area contributed by atoms with Crippen molar-refractivity contribution in [1.29, 1.82) is 0 Å². The third kappa shape index (κ3) is 2.77. The van der Waals surface area contributed by atoms with Gasteiger partial charge in [-0.2, -0.15) is 0 Å². The summed E-state index contributed by atoms with van der Waals surface area (Å²) in [6.45, 7) is 4.46. The predicted octanol–water partition coefficient (Wildman–Crippen LogP) is 1.54. The maximum Gasteiger partial charge on any atom is 0.249 e. The average molecular weight is 234 g/mol. The number of hydrogen-bond donors (Lipinski definition) is 2. The van der Waals surface area contributed by atoms with Gasteiger partial charge in [-0.3, -0.25) is 4.79 Å². The number of nitrogens with one attached hydrogen (secondary N) is 1. The molecule has 1 aromatic carbocycles. The summed E-state index contributed by atoms with van der Waals surface area (Å²) in [6, 6.07) is 5.57. The molecule has 1 atom stereocenters. The fraction of sp³-hybridized carbons (Fsp3) is 0.462. The van der Waals surface area contributed by atoms with E-state index in [4.69, 9.17) is 10.5 Å². The molecule has 1 aliphatic heterocycles. The van der Waals surface area contributed by atoms with Gasteiger partial charge in [-0.25, -0.2) is 0 Å². The summed E-state index contributed by atoms with van der Waals surface area (Å²) in [5.74, 6) is 0.182. The molecule has 1 fully saturated rings. The van der Waals surface area contributed by atoms with Crippen LogP contribution in [0.3, 0.4) is 0 Å². The number of benzene rings is 1. The second kappa shape index (κ2) is 5.19. The summed E-state index contributed by atoms with van der Waals surface area (Å²) in [5.41, 5.74) is 7.79. The number of rotatable bonds is 4. The van der Waals surface area contributed by atoms with Gasteiger partial charge in [-0.15, -0.1) is 0 Å². The van der Waals surface area contributed by atoms with Gasteiger partial charge in [0, 0.05) is 30.3 Å². The van der Waals surface area contributed by atoms with Crippen LogP contribution in [0, 0.1) is 12.8 Å². The third-order valence-corrected chi connectivity index (χ3v) is 3.20. The summed E-state index contributed by atoms with van der Waals surface area (Å²) in [7, 11) is 0. The van der Waals surface area contributed by atoms with E-state index in [1.807, 2.05) is 19.1 Å². The first-order chi connectivity index (χ1) is 8.18. The topological polar surface area (TPSA) is 64.3 Å². The summed E-state index contributed by atoms with van der Waals surface area (Å²) in [6.07, 6.45) is 1.10. The van der Waals surface area contributed by atoms with Crippen molar-refractivity contribution in [3.63, 3.8) is 0 Å². The highest BCUT2D eigenvalue weighted by Gasteiger charge is 2.16. The Kier molecular flexibility index (Phi) is 3.64. The minimum absolute atomic E-state index is 0.379. The van der Waals surface area contributed by atoms with Gasteiger partial charge >= 0.3 is 0 Å². The van der Waals surface area contributed by atoms with Crippen LogP contribution in [-0.2, 0) is 4.74 Å². The second-order valence-electron chi connectivity index (χ2n) is 4.45. The molecular formula is C13H18N2O2. The Morgan fingerprint density at radius 2 is 2.41 bits per heavy atom. The van der Waals surface area contributed by atoms with Crippen LogP contribution in [0.1, 0.15) is 22.3 Å². The fourth-order valence-corrected chi connectivity index (χ4v) is 2.09. The molecule has 0 saturated carbocycles. The van der Waals surface area contributed by atoms with Gasteiger partial charge in [0.1, 0.15) is 0 Å². The number of amides is 1. The molecule has 17 heavy (non-hydrogen) atoms. The molecule has 0 radical (unpaired) electrons. The van der Waals surface area contributed by atoms with Gasteiger partial charge in [0.05, 0.1) is 6.61 Å². The normalized spacial score (nSPS) is 19.2. The zero-order chi connectivity index (χ0) is 12.3. The lowest BCUT2D eigenvalue weighted by atomic mass is 10.1. The van der Waals surface area contributed by atoms with Crippen molar-refractivity contribution in [2.24, 2.45) is 11.7 Å². The van der Waals surface area contributed by atoms with E-state index in [1.165, 1.54) is 0 Å². The molecule has 92 valence electrons. The maximum atomic E-state index is 11.2. The lowest BCUT2D eigenvalue weighted by molar-refractivity contribution is 0.1000. The highest BCUT2D eigenvalue weighted by Crippen LogP contribution is 2.20. The Balaban J connectivity index is 2.04. The SMILES string of the molecule is Cc1c(NCC2CCOC2)cccc1C(N)=O. The molecule has 1 aliphatic rings. The monoisotopic (exact) mass is 234 g/mol. The Hall–Kier alpha value is -1.55. The molecule has 0 bridgehead atoms. The van der Waals surface area contributed by atoms with Crippen LogP contribution in [0.25, 0.3) is 0 Å². The first kappa shape index (κ1) is 11.9. The average Bonchev–Trinajstić information content (AvgIpc) is 2.80. The van der Waals surface area contributed by atoms with Crippen molar-refractivity contribution >= 4 is 11.6 Å². The van der Waals surface area contributed by atoms with Crippen molar-refractivity contribution in [3.05, 3.63) is 29.3 Å². The van der Waals surface area contributed by atoms with Gasteiger partial charge in [0.15, 0.2) is 0 Å². The second-order valence-corrected chi connectivity index (χ2v) is 4.45. The Morgan fingerprint density at radius 3 is 3.06 bits per heavy atom. The van der Waals surface area contributed by atoms with Crippen LogP contribution >= 0.6 is 0 Å². The number of carbonyl (C=O) groups excluding carboxylic acids is 1. The molecule has 4 heteroatoms. The minimum atomic E-state index is -0.379. The van der Waals surface area contributed by atoms with Crippen molar-refractivity contribution < 1.29 is 9.53 Å². The Bertz CT molecular complexity index is 412. The highest BCUT2D eigenvalue weighted by atomic mass is 16.5. The molecule has 0 aliphatic carbocycles. The van der Waals surface area contributed by atoms with E-state index in [0.717, 1.165) is 37.4 Å². The van der Waals surface area contributed by atoms with Gasteiger partial charge < -0.3 is 15.8 Å². The van der Waals surface area contributed by atoms with Gasteiger partial charge in [0.2, 0.25) is 5.91 Å². The van der Waals surface area contributed by atoms with E-state index in [2.05, 4.69) is 5.32 Å². The largest absolute Gasteiger partial charge is 0.384 e. The number of ether oxygens (including phenoxy) is 1. The van der Waals surface area contributed by atoms with Gasteiger partial charge in [-0.1, -0.05) is 6.07 Å². The van der Waals surface area contributed by atoms with Crippen LogP contribution in [0.2, 0.25) is 0 Å². The molecule has 3 N–H and O–H groups in total. The maximum absolute atomic E-state index is 11.2. The molecule has 2 rings (SSSR count). The summed E-state index contributed by atoms with van der Waals surface area (Å²) in [4.78, 5) is 11.2. The van der Waals surface area contributed by atoms with Gasteiger partial charge in [-0.05, 0) is 31.0 Å². The van der Waals surface area contributed by atoms with Crippen LogP contribution in [-0.4, -0.2) is 25.7 Å². The molecule has 1 saturated heterocycles. The zero-order valence-corrected chi connectivity index (χ0v) is 10.0. The summed E-state index contributed by atoms with van der Waals surface area (Å²) < 4.78 is 5.32. The van der Waals surface area contributed by atoms with Crippen molar-refractivity contribution in [1.82, 2.24) is 0 Å². The molecule has 0 spiro atoms. The molecule has 1 aromatic rings. The van der Waals surface area contributed by atoms with Crippen LogP contribution in [0.5, 0.6) is 0 Å². The van der Waals surface area contributed by atoms with E-state index in [9.17, 15) is 4.79 Å². The van der Waals surface area contributed by atoms with E-state index < -0.39 is 0 Å². The molecule has 1 amide bonds. The van der Waals surface area contributed by atoms with Crippen molar-refractivity contribution in [2.75, 3.05) is 25.1 Å². The molecule has 0 aromatic heterocycles. The minimum Gasteiger partial charge on any atom is -0.384 e. The smallest absolute Gasteiger partial charge is 0.249 e. The molecular weight excluding hydrogens is 216 g/mol. The van der Waals surface area contributed by atoms with E-state index in [-0.39, 0.29) is 5.91 Å². The number of nitrogens with two attached hydrogens (primary N) is 1. The van der Waals surface area contributed by atoms with E-state index in [0.29, 0.717) is 11.5 Å². The number of hydrogen-bond acceptors (Lipinski definition) is 3. The summed E-state index contributed by atoms with van der Waals surface area (Å²) >= 11 is 0. The quantitative estimate of drug-likeness (QED) is 0.830. The number of primary amides is 1. The number of carbonyl (C=O) groups is 1. The zero-order valence-electron chi connectivity index (χ0n) is 10.0. The predicted molar refractivity (Wildman–Crippen MR) is 67.1 cm³/mol.